The summed E-state index contributed by atoms with van der Waals surface area (Å²) in [6.45, 7) is 3.17. The second-order valence-electron chi connectivity index (χ2n) is 7.17. The van der Waals surface area contributed by atoms with Crippen LogP contribution in [-0.2, 0) is 16.1 Å². The molecule has 1 aliphatic rings. The molecule has 0 spiro atoms. The molecule has 0 radical (unpaired) electrons. The number of rotatable bonds is 7. The van der Waals surface area contributed by atoms with Gasteiger partial charge in [0, 0.05) is 18.5 Å². The number of amides is 1. The summed E-state index contributed by atoms with van der Waals surface area (Å²) >= 11 is 0. The third-order valence-corrected chi connectivity index (χ3v) is 5.11. The second-order valence-corrected chi connectivity index (χ2v) is 7.17. The van der Waals surface area contributed by atoms with Crippen LogP contribution in [-0.4, -0.2) is 29.9 Å². The molecule has 4 rings (SSSR count). The monoisotopic (exact) mass is 377 g/mol. The Bertz CT molecular complexity index is 945. The Balaban J connectivity index is 1.54. The van der Waals surface area contributed by atoms with Crippen molar-refractivity contribution < 1.29 is 18.7 Å². The lowest BCUT2D eigenvalue weighted by atomic mass is 10.2. The summed E-state index contributed by atoms with van der Waals surface area (Å²) in [6.07, 6.45) is 0.761. The third kappa shape index (κ3) is 3.93. The molecule has 1 saturated carbocycles. The molecule has 0 saturated heterocycles. The van der Waals surface area contributed by atoms with Crippen LogP contribution in [0.15, 0.2) is 65.1 Å². The molecule has 1 amide bonds. The topological polar surface area (TPSA) is 59.8 Å². The summed E-state index contributed by atoms with van der Waals surface area (Å²) in [5, 5.41) is 0.904. The number of benzene rings is 2. The number of ether oxygens (including phenoxy) is 1. The van der Waals surface area contributed by atoms with Crippen molar-refractivity contribution >= 4 is 22.8 Å². The van der Waals surface area contributed by atoms with Crippen molar-refractivity contribution in [2.24, 2.45) is 11.8 Å². The van der Waals surface area contributed by atoms with Crippen LogP contribution in [0.4, 0.5) is 0 Å². The molecular formula is C23H23NO4. The van der Waals surface area contributed by atoms with Crippen molar-refractivity contribution in [1.82, 2.24) is 4.90 Å². The molecule has 3 aromatic rings. The Kier molecular flexibility index (Phi) is 5.15. The number of carbonyl (C=O) groups excluding carboxylic acids is 2. The quantitative estimate of drug-likeness (QED) is 0.577. The van der Waals surface area contributed by atoms with Gasteiger partial charge in [-0.1, -0.05) is 48.5 Å². The molecule has 2 aromatic carbocycles. The van der Waals surface area contributed by atoms with Gasteiger partial charge in [-0.3, -0.25) is 9.59 Å². The molecule has 1 fully saturated rings. The van der Waals surface area contributed by atoms with E-state index < -0.39 is 0 Å². The molecule has 1 aromatic heterocycles. The van der Waals surface area contributed by atoms with Gasteiger partial charge in [0.25, 0.3) is 5.91 Å². The highest BCUT2D eigenvalue weighted by atomic mass is 16.5. The molecule has 5 nitrogen and oxygen atoms in total. The van der Waals surface area contributed by atoms with Crippen LogP contribution in [0.2, 0.25) is 0 Å². The third-order valence-electron chi connectivity index (χ3n) is 5.11. The number of furan rings is 1. The van der Waals surface area contributed by atoms with Gasteiger partial charge in [0.1, 0.15) is 5.58 Å². The standard InChI is InChI=1S/C23H23NO4/c1-2-27-23(26)19-12-18(19)15-24(14-16-8-4-3-5-9-16)22(25)21-13-17-10-6-7-11-20(17)28-21/h3-11,13,18-19H,2,12,14-15H2,1H3/t18-,19-/m1/s1. The minimum atomic E-state index is -0.164. The normalized spacial score (nSPS) is 18.0. The Morgan fingerprint density at radius 3 is 2.61 bits per heavy atom. The summed E-state index contributed by atoms with van der Waals surface area (Å²) in [6, 6.07) is 19.2. The summed E-state index contributed by atoms with van der Waals surface area (Å²) in [5.74, 6) is 0.0289. The van der Waals surface area contributed by atoms with E-state index >= 15 is 0 Å². The van der Waals surface area contributed by atoms with Gasteiger partial charge in [0.05, 0.1) is 12.5 Å². The number of fused-ring (bicyclic) bond motifs is 1. The predicted molar refractivity (Wildman–Crippen MR) is 106 cm³/mol. The lowest BCUT2D eigenvalue weighted by molar-refractivity contribution is -0.145. The summed E-state index contributed by atoms with van der Waals surface area (Å²) < 4.78 is 10.9. The summed E-state index contributed by atoms with van der Waals surface area (Å²) in [4.78, 5) is 26.9. The molecule has 28 heavy (non-hydrogen) atoms. The number of nitrogens with zero attached hydrogens (tertiary/aromatic N) is 1. The van der Waals surface area contributed by atoms with E-state index in [1.807, 2.05) is 61.5 Å². The Labute approximate surface area is 163 Å². The SMILES string of the molecule is CCOC(=O)[C@@H]1C[C@@H]1CN(Cc1ccccc1)C(=O)c1cc2ccccc2o1. The molecule has 1 aliphatic carbocycles. The fraction of sp³-hybridized carbons (Fsp3) is 0.304. The lowest BCUT2D eigenvalue weighted by Crippen LogP contribution is -2.33. The van der Waals surface area contributed by atoms with Gasteiger partial charge in [0.2, 0.25) is 0 Å². The zero-order valence-electron chi connectivity index (χ0n) is 15.8. The number of esters is 1. The molecule has 2 atom stereocenters. The van der Waals surface area contributed by atoms with Crippen molar-refractivity contribution in [2.75, 3.05) is 13.2 Å². The van der Waals surface area contributed by atoms with Crippen molar-refractivity contribution in [1.29, 1.82) is 0 Å². The van der Waals surface area contributed by atoms with Gasteiger partial charge in [-0.25, -0.2) is 0 Å². The van der Waals surface area contributed by atoms with Crippen molar-refractivity contribution in [2.45, 2.75) is 19.9 Å². The van der Waals surface area contributed by atoms with Crippen molar-refractivity contribution in [3.8, 4) is 0 Å². The molecule has 0 unspecified atom stereocenters. The maximum absolute atomic E-state index is 13.2. The fourth-order valence-electron chi connectivity index (χ4n) is 3.54. The van der Waals surface area contributed by atoms with Crippen molar-refractivity contribution in [3.63, 3.8) is 0 Å². The zero-order chi connectivity index (χ0) is 19.5. The van der Waals surface area contributed by atoms with E-state index in [-0.39, 0.29) is 23.7 Å². The number of hydrogen-bond acceptors (Lipinski definition) is 4. The van der Waals surface area contributed by atoms with E-state index in [4.69, 9.17) is 9.15 Å². The molecule has 144 valence electrons. The predicted octanol–water partition coefficient (Wildman–Crippen LogP) is 4.27. The first-order valence-electron chi connectivity index (χ1n) is 9.64. The molecule has 0 aliphatic heterocycles. The van der Waals surface area contributed by atoms with E-state index in [0.717, 1.165) is 17.4 Å². The zero-order valence-corrected chi connectivity index (χ0v) is 15.8. The van der Waals surface area contributed by atoms with Crippen LogP contribution in [0.25, 0.3) is 11.0 Å². The molecule has 0 bridgehead atoms. The number of carbonyl (C=O) groups is 2. The minimum Gasteiger partial charge on any atom is -0.466 e. The molecule has 1 heterocycles. The first kappa shape index (κ1) is 18.3. The van der Waals surface area contributed by atoms with E-state index in [0.29, 0.717) is 31.0 Å². The number of para-hydroxylation sites is 1. The molecule has 5 heteroatoms. The van der Waals surface area contributed by atoms with Gasteiger partial charge in [-0.2, -0.15) is 0 Å². The van der Waals surface area contributed by atoms with Gasteiger partial charge >= 0.3 is 5.97 Å². The minimum absolute atomic E-state index is 0.110. The van der Waals surface area contributed by atoms with E-state index in [1.165, 1.54) is 0 Å². The van der Waals surface area contributed by atoms with Gasteiger partial charge in [-0.05, 0) is 37.0 Å². The second kappa shape index (κ2) is 7.89. The largest absolute Gasteiger partial charge is 0.466 e. The summed E-state index contributed by atoms with van der Waals surface area (Å²) in [5.41, 5.74) is 1.74. The Hall–Kier alpha value is -3.08. The summed E-state index contributed by atoms with van der Waals surface area (Å²) in [7, 11) is 0. The first-order valence-corrected chi connectivity index (χ1v) is 9.64. The van der Waals surface area contributed by atoms with Gasteiger partial charge < -0.3 is 14.1 Å². The van der Waals surface area contributed by atoms with Gasteiger partial charge in [-0.15, -0.1) is 0 Å². The van der Waals surface area contributed by atoms with Crippen LogP contribution in [0.5, 0.6) is 0 Å². The van der Waals surface area contributed by atoms with E-state index in [9.17, 15) is 9.59 Å². The molecule has 0 N–H and O–H groups in total. The van der Waals surface area contributed by atoms with Gasteiger partial charge in [0.15, 0.2) is 5.76 Å². The number of hydrogen-bond donors (Lipinski definition) is 0. The van der Waals surface area contributed by atoms with Crippen LogP contribution >= 0.6 is 0 Å². The smallest absolute Gasteiger partial charge is 0.309 e. The van der Waals surface area contributed by atoms with Crippen LogP contribution in [0.3, 0.4) is 0 Å². The van der Waals surface area contributed by atoms with E-state index in [1.54, 1.807) is 11.0 Å². The highest BCUT2D eigenvalue weighted by Crippen LogP contribution is 2.40. The average Bonchev–Trinajstić information content (AvgIpc) is 3.35. The van der Waals surface area contributed by atoms with Crippen molar-refractivity contribution in [3.05, 3.63) is 72.0 Å². The first-order chi connectivity index (χ1) is 13.7. The fourth-order valence-corrected chi connectivity index (χ4v) is 3.54. The molecular weight excluding hydrogens is 354 g/mol. The Morgan fingerprint density at radius 2 is 1.86 bits per heavy atom. The average molecular weight is 377 g/mol. The Morgan fingerprint density at radius 1 is 1.11 bits per heavy atom. The van der Waals surface area contributed by atoms with Crippen LogP contribution in [0.1, 0.15) is 29.5 Å². The maximum atomic E-state index is 13.2. The maximum Gasteiger partial charge on any atom is 0.309 e. The highest BCUT2D eigenvalue weighted by molar-refractivity contribution is 5.96. The lowest BCUT2D eigenvalue weighted by Gasteiger charge is -2.22. The van der Waals surface area contributed by atoms with Crippen LogP contribution in [0, 0.1) is 11.8 Å². The highest BCUT2D eigenvalue weighted by Gasteiger charge is 2.45. The van der Waals surface area contributed by atoms with E-state index in [2.05, 4.69) is 0 Å². The van der Waals surface area contributed by atoms with Crippen LogP contribution < -0.4 is 0 Å².